The van der Waals surface area contributed by atoms with E-state index in [9.17, 15) is 14.7 Å². The molecule has 0 saturated carbocycles. The molecule has 0 saturated heterocycles. The number of carbonyl (C=O) groups is 2. The highest BCUT2D eigenvalue weighted by atomic mass is 16.5. The summed E-state index contributed by atoms with van der Waals surface area (Å²) < 4.78 is 5.50. The summed E-state index contributed by atoms with van der Waals surface area (Å²) in [6.07, 6.45) is 10.4. The fourth-order valence-electron chi connectivity index (χ4n) is 4.50. The molecule has 4 heteroatoms. The summed E-state index contributed by atoms with van der Waals surface area (Å²) in [6.45, 7) is 9.06. The number of benzene rings is 2. The quantitative estimate of drug-likeness (QED) is 0.194. The number of carbonyl (C=O) groups excluding carboxylic acids is 1. The molecule has 0 radical (unpaired) electrons. The number of rotatable bonds is 16. The van der Waals surface area contributed by atoms with Gasteiger partial charge in [-0.15, -0.1) is 0 Å². The van der Waals surface area contributed by atoms with Gasteiger partial charge in [-0.25, -0.2) is 9.59 Å². The van der Waals surface area contributed by atoms with Gasteiger partial charge in [0.05, 0.1) is 11.1 Å². The molecule has 0 heterocycles. The van der Waals surface area contributed by atoms with Gasteiger partial charge in [0.1, 0.15) is 6.61 Å². The van der Waals surface area contributed by atoms with E-state index in [-0.39, 0.29) is 17.7 Å². The lowest BCUT2D eigenvalue weighted by Gasteiger charge is -2.17. The summed E-state index contributed by atoms with van der Waals surface area (Å²) in [5.41, 5.74) is 3.05. The molecule has 0 amide bonds. The molecule has 0 aliphatic heterocycles. The first kappa shape index (κ1) is 28.6. The van der Waals surface area contributed by atoms with Gasteiger partial charge in [-0.1, -0.05) is 103 Å². The van der Waals surface area contributed by atoms with Crippen LogP contribution in [0.5, 0.6) is 0 Å². The minimum Gasteiger partial charge on any atom is -0.478 e. The van der Waals surface area contributed by atoms with Crippen LogP contribution in [0.2, 0.25) is 0 Å². The topological polar surface area (TPSA) is 63.6 Å². The minimum atomic E-state index is -1.05. The minimum absolute atomic E-state index is 0.126. The Morgan fingerprint density at radius 1 is 0.771 bits per heavy atom. The van der Waals surface area contributed by atoms with Gasteiger partial charge in [-0.3, -0.25) is 0 Å². The van der Waals surface area contributed by atoms with Crippen LogP contribution in [-0.4, -0.2) is 17.0 Å². The van der Waals surface area contributed by atoms with E-state index in [0.29, 0.717) is 18.3 Å². The molecule has 192 valence electrons. The van der Waals surface area contributed by atoms with Crippen LogP contribution in [0.25, 0.3) is 0 Å². The van der Waals surface area contributed by atoms with Crippen molar-refractivity contribution in [2.45, 2.75) is 98.5 Å². The fourth-order valence-corrected chi connectivity index (χ4v) is 4.50. The van der Waals surface area contributed by atoms with Crippen LogP contribution in [0, 0.1) is 11.8 Å². The Morgan fingerprint density at radius 2 is 1.37 bits per heavy atom. The third-order valence-electron chi connectivity index (χ3n) is 6.49. The zero-order valence-electron chi connectivity index (χ0n) is 22.1. The zero-order chi connectivity index (χ0) is 25.6. The number of ether oxygens (including phenoxy) is 1. The van der Waals surface area contributed by atoms with Crippen molar-refractivity contribution >= 4 is 11.9 Å². The van der Waals surface area contributed by atoms with E-state index in [0.717, 1.165) is 55.2 Å². The lowest BCUT2D eigenvalue weighted by Crippen LogP contribution is -2.16. The first-order valence-corrected chi connectivity index (χ1v) is 13.4. The van der Waals surface area contributed by atoms with Gasteiger partial charge in [0.25, 0.3) is 0 Å². The molecule has 0 unspecified atom stereocenters. The molecular formula is C31H44O4. The van der Waals surface area contributed by atoms with Gasteiger partial charge in [-0.05, 0) is 60.3 Å². The van der Waals surface area contributed by atoms with Crippen molar-refractivity contribution < 1.29 is 19.4 Å². The third kappa shape index (κ3) is 10.3. The molecule has 0 atom stereocenters. The molecule has 0 aliphatic carbocycles. The van der Waals surface area contributed by atoms with E-state index < -0.39 is 11.9 Å². The summed E-state index contributed by atoms with van der Waals surface area (Å²) in [6, 6.07) is 13.1. The van der Waals surface area contributed by atoms with Gasteiger partial charge in [0.15, 0.2) is 0 Å². The van der Waals surface area contributed by atoms with Crippen molar-refractivity contribution in [1.29, 1.82) is 0 Å². The first-order chi connectivity index (χ1) is 16.8. The molecular weight excluding hydrogens is 436 g/mol. The van der Waals surface area contributed by atoms with Crippen molar-refractivity contribution in [3.63, 3.8) is 0 Å². The molecule has 35 heavy (non-hydrogen) atoms. The molecule has 0 aromatic heterocycles. The number of esters is 1. The number of aromatic carboxylic acids is 1. The van der Waals surface area contributed by atoms with Crippen LogP contribution in [0.3, 0.4) is 0 Å². The molecule has 0 spiro atoms. The van der Waals surface area contributed by atoms with Crippen LogP contribution < -0.4 is 0 Å². The first-order valence-electron chi connectivity index (χ1n) is 13.4. The average Bonchev–Trinajstić information content (AvgIpc) is 2.82. The summed E-state index contributed by atoms with van der Waals surface area (Å²) in [5, 5.41) is 10.1. The highest BCUT2D eigenvalue weighted by molar-refractivity contribution is 6.03. The van der Waals surface area contributed by atoms with E-state index in [1.807, 2.05) is 36.4 Å². The van der Waals surface area contributed by atoms with E-state index in [2.05, 4.69) is 27.7 Å². The van der Waals surface area contributed by atoms with Crippen molar-refractivity contribution in [2.24, 2.45) is 11.8 Å². The smallest absolute Gasteiger partial charge is 0.339 e. The van der Waals surface area contributed by atoms with Crippen LogP contribution in [0.15, 0.2) is 42.5 Å². The summed E-state index contributed by atoms with van der Waals surface area (Å²) in [4.78, 5) is 25.3. The van der Waals surface area contributed by atoms with Crippen molar-refractivity contribution in [1.82, 2.24) is 0 Å². The molecule has 0 bridgehead atoms. The summed E-state index contributed by atoms with van der Waals surface area (Å²) in [7, 11) is 0. The second kappa shape index (κ2) is 15.4. The summed E-state index contributed by atoms with van der Waals surface area (Å²) >= 11 is 0. The predicted octanol–water partition coefficient (Wildman–Crippen LogP) is 8.26. The normalized spacial score (nSPS) is 11.3. The van der Waals surface area contributed by atoms with Gasteiger partial charge >= 0.3 is 11.9 Å². The summed E-state index contributed by atoms with van der Waals surface area (Å²) in [5.74, 6) is -0.240. The van der Waals surface area contributed by atoms with Gasteiger partial charge in [-0.2, -0.15) is 0 Å². The average molecular weight is 481 g/mol. The monoisotopic (exact) mass is 480 g/mol. The highest BCUT2D eigenvalue weighted by Gasteiger charge is 2.24. The maximum atomic E-state index is 12.9. The number of hydrogen-bond acceptors (Lipinski definition) is 3. The second-order valence-corrected chi connectivity index (χ2v) is 10.5. The van der Waals surface area contributed by atoms with Crippen LogP contribution >= 0.6 is 0 Å². The van der Waals surface area contributed by atoms with Crippen LogP contribution in [-0.2, 0) is 24.2 Å². The molecule has 2 aromatic rings. The molecule has 2 aromatic carbocycles. The zero-order valence-corrected chi connectivity index (χ0v) is 22.1. The van der Waals surface area contributed by atoms with E-state index in [1.54, 1.807) is 6.07 Å². The number of hydrogen-bond donors (Lipinski definition) is 1. The van der Waals surface area contributed by atoms with Crippen LogP contribution in [0.1, 0.15) is 116 Å². The lowest BCUT2D eigenvalue weighted by molar-refractivity contribution is 0.0463. The number of carboxylic acids is 1. The molecule has 4 nitrogen and oxygen atoms in total. The maximum absolute atomic E-state index is 12.9. The second-order valence-electron chi connectivity index (χ2n) is 10.5. The molecule has 0 fully saturated rings. The van der Waals surface area contributed by atoms with Crippen molar-refractivity contribution in [2.75, 3.05) is 0 Å². The van der Waals surface area contributed by atoms with Gasteiger partial charge in [0, 0.05) is 0 Å². The van der Waals surface area contributed by atoms with Gasteiger partial charge < -0.3 is 9.84 Å². The Bertz CT molecular complexity index is 915. The molecule has 1 N–H and O–H groups in total. The largest absolute Gasteiger partial charge is 0.478 e. The maximum Gasteiger partial charge on any atom is 0.339 e. The van der Waals surface area contributed by atoms with E-state index >= 15 is 0 Å². The lowest BCUT2D eigenvalue weighted by atomic mass is 9.89. The SMILES string of the molecule is CC(C)CCCCCc1ccc(C(=O)OCc2ccccc2)c(C(=O)O)c1CCCCCC(C)C. The van der Waals surface area contributed by atoms with E-state index in [1.165, 1.54) is 19.3 Å². The Labute approximate surface area is 212 Å². The Kier molecular flexibility index (Phi) is 12.6. The van der Waals surface area contributed by atoms with Gasteiger partial charge in [0.2, 0.25) is 0 Å². The van der Waals surface area contributed by atoms with Crippen molar-refractivity contribution in [3.8, 4) is 0 Å². The third-order valence-corrected chi connectivity index (χ3v) is 6.49. The highest BCUT2D eigenvalue weighted by Crippen LogP contribution is 2.26. The number of aryl methyl sites for hydroxylation is 1. The van der Waals surface area contributed by atoms with Crippen LogP contribution in [0.4, 0.5) is 0 Å². The Hall–Kier alpha value is -2.62. The predicted molar refractivity (Wildman–Crippen MR) is 143 cm³/mol. The molecule has 0 aliphatic rings. The number of carboxylic acid groups (broad SMARTS) is 1. The number of unbranched alkanes of at least 4 members (excludes halogenated alkanes) is 4. The van der Waals surface area contributed by atoms with Crippen molar-refractivity contribution in [3.05, 3.63) is 70.3 Å². The standard InChI is InChI=1S/C31H44O4/c1-23(2)14-8-5-12-18-26-20-21-28(31(34)35-22-25-16-10-7-11-17-25)29(30(32)33)27(26)19-13-6-9-15-24(3)4/h7,10-11,16-17,20-21,23-24H,5-6,8-9,12-15,18-19,22H2,1-4H3,(H,32,33). The fraction of sp³-hybridized carbons (Fsp3) is 0.548. The molecule has 2 rings (SSSR count). The van der Waals surface area contributed by atoms with E-state index in [4.69, 9.17) is 4.74 Å². The Balaban J connectivity index is 2.20. The Morgan fingerprint density at radius 3 is 1.94 bits per heavy atom.